The molecule has 1 amide bonds. The van der Waals surface area contributed by atoms with E-state index in [1.807, 2.05) is 26.0 Å². The summed E-state index contributed by atoms with van der Waals surface area (Å²) in [6, 6.07) is 8.83. The van der Waals surface area contributed by atoms with Crippen LogP contribution in [0.2, 0.25) is 0 Å². The number of anilines is 1. The minimum absolute atomic E-state index is 0.0821. The van der Waals surface area contributed by atoms with Crippen molar-refractivity contribution in [3.8, 4) is 0 Å². The van der Waals surface area contributed by atoms with Crippen LogP contribution < -0.4 is 10.0 Å². The second kappa shape index (κ2) is 7.31. The summed E-state index contributed by atoms with van der Waals surface area (Å²) in [5.41, 5.74) is 3.46. The summed E-state index contributed by atoms with van der Waals surface area (Å²) in [4.78, 5) is 19.7. The van der Waals surface area contributed by atoms with Crippen LogP contribution >= 0.6 is 0 Å². The van der Waals surface area contributed by atoms with E-state index in [4.69, 9.17) is 0 Å². The number of sulfonamides is 1. The molecule has 1 saturated heterocycles. The first-order valence-corrected chi connectivity index (χ1v) is 11.8. The van der Waals surface area contributed by atoms with Gasteiger partial charge in [-0.2, -0.15) is 9.82 Å². The summed E-state index contributed by atoms with van der Waals surface area (Å²) >= 11 is 0. The lowest BCUT2D eigenvalue weighted by Crippen LogP contribution is -2.52. The van der Waals surface area contributed by atoms with Crippen LogP contribution in [0.1, 0.15) is 34.6 Å². The second-order valence-electron chi connectivity index (χ2n) is 8.20. The average Bonchev–Trinajstić information content (AvgIpc) is 3.17. The summed E-state index contributed by atoms with van der Waals surface area (Å²) in [6.07, 6.45) is 2.58. The minimum atomic E-state index is -3.55. The van der Waals surface area contributed by atoms with E-state index in [0.29, 0.717) is 42.8 Å². The SMILES string of the molecule is Cc1cc(C)n2ncc(C(=O)N3CCC(C4Nc5ccccc5S(=O)(=O)N4)CC3)c2n1. The van der Waals surface area contributed by atoms with Crippen molar-refractivity contribution in [3.05, 3.63) is 53.5 Å². The fraction of sp³-hybridized carbons (Fsp3) is 0.381. The summed E-state index contributed by atoms with van der Waals surface area (Å²) in [5.74, 6) is -0.00724. The number of hydrogen-bond donors (Lipinski definition) is 2. The fourth-order valence-corrected chi connectivity index (χ4v) is 5.88. The smallest absolute Gasteiger partial charge is 0.259 e. The Bertz CT molecular complexity index is 1280. The highest BCUT2D eigenvalue weighted by Crippen LogP contribution is 2.31. The molecule has 1 fully saturated rings. The molecule has 9 nitrogen and oxygen atoms in total. The normalized spacial score (nSPS) is 21.0. The van der Waals surface area contributed by atoms with Gasteiger partial charge in [0, 0.05) is 24.5 Å². The Hall–Kier alpha value is -2.98. The van der Waals surface area contributed by atoms with E-state index >= 15 is 0 Å². The van der Waals surface area contributed by atoms with Crippen LogP contribution in [0.4, 0.5) is 5.69 Å². The minimum Gasteiger partial charge on any atom is -0.368 e. The fourth-order valence-electron chi connectivity index (χ4n) is 4.49. The Morgan fingerprint density at radius 3 is 2.68 bits per heavy atom. The molecule has 2 N–H and O–H groups in total. The van der Waals surface area contributed by atoms with Crippen molar-refractivity contribution >= 4 is 27.3 Å². The molecule has 162 valence electrons. The van der Waals surface area contributed by atoms with E-state index in [2.05, 4.69) is 20.1 Å². The Labute approximate surface area is 180 Å². The predicted octanol–water partition coefficient (Wildman–Crippen LogP) is 1.93. The van der Waals surface area contributed by atoms with E-state index in [0.717, 1.165) is 11.4 Å². The van der Waals surface area contributed by atoms with Crippen LogP contribution in [0.25, 0.3) is 5.65 Å². The zero-order valence-electron chi connectivity index (χ0n) is 17.4. The van der Waals surface area contributed by atoms with Gasteiger partial charge < -0.3 is 10.2 Å². The number of carbonyl (C=O) groups is 1. The number of nitrogens with one attached hydrogen (secondary N) is 2. The van der Waals surface area contributed by atoms with Crippen LogP contribution in [-0.4, -0.2) is 53.1 Å². The third-order valence-corrected chi connectivity index (χ3v) is 7.58. The number of para-hydroxylation sites is 1. The maximum atomic E-state index is 13.2. The van der Waals surface area contributed by atoms with E-state index < -0.39 is 10.0 Å². The number of amides is 1. The van der Waals surface area contributed by atoms with E-state index in [1.165, 1.54) is 0 Å². The standard InChI is InChI=1S/C21H24N6O3S/c1-13-11-14(2)27-20(23-13)16(12-22-27)21(28)26-9-7-15(8-10-26)19-24-17-5-3-4-6-18(17)31(29,30)25-19/h3-6,11-12,15,19,24-25H,7-10H2,1-2H3. The molecule has 0 radical (unpaired) electrons. The highest BCUT2D eigenvalue weighted by Gasteiger charge is 2.36. The largest absolute Gasteiger partial charge is 0.368 e. The summed E-state index contributed by atoms with van der Waals surface area (Å²) < 4.78 is 29.7. The van der Waals surface area contributed by atoms with Crippen molar-refractivity contribution in [2.45, 2.75) is 37.8 Å². The molecule has 0 spiro atoms. The molecule has 0 saturated carbocycles. The predicted molar refractivity (Wildman–Crippen MR) is 115 cm³/mol. The van der Waals surface area contributed by atoms with Gasteiger partial charge in [0.15, 0.2) is 5.65 Å². The number of aromatic nitrogens is 3. The summed E-state index contributed by atoms with van der Waals surface area (Å²) in [5, 5.41) is 7.63. The van der Waals surface area contributed by atoms with Crippen molar-refractivity contribution in [1.29, 1.82) is 0 Å². The van der Waals surface area contributed by atoms with Gasteiger partial charge in [-0.25, -0.2) is 17.9 Å². The summed E-state index contributed by atoms with van der Waals surface area (Å²) in [6.45, 7) is 4.93. The Kier molecular flexibility index (Phi) is 4.71. The molecule has 2 aliphatic heterocycles. The van der Waals surface area contributed by atoms with Gasteiger partial charge in [0.1, 0.15) is 10.5 Å². The van der Waals surface area contributed by atoms with Crippen molar-refractivity contribution in [2.75, 3.05) is 18.4 Å². The zero-order chi connectivity index (χ0) is 21.8. The van der Waals surface area contributed by atoms with Gasteiger partial charge in [-0.1, -0.05) is 12.1 Å². The molecular formula is C21H24N6O3S. The Morgan fingerprint density at radius 2 is 1.90 bits per heavy atom. The van der Waals surface area contributed by atoms with Crippen molar-refractivity contribution < 1.29 is 13.2 Å². The third-order valence-electron chi connectivity index (χ3n) is 6.08. The molecule has 10 heteroatoms. The number of benzene rings is 1. The lowest BCUT2D eigenvalue weighted by Gasteiger charge is -2.38. The molecule has 2 aromatic heterocycles. The first-order chi connectivity index (χ1) is 14.8. The van der Waals surface area contributed by atoms with E-state index in [-0.39, 0.29) is 22.9 Å². The third kappa shape index (κ3) is 3.45. The molecule has 1 atom stereocenters. The van der Waals surface area contributed by atoms with Gasteiger partial charge in [0.05, 0.1) is 18.1 Å². The van der Waals surface area contributed by atoms with E-state index in [9.17, 15) is 13.2 Å². The molecule has 0 bridgehead atoms. The van der Waals surface area contributed by atoms with Gasteiger partial charge in [-0.15, -0.1) is 0 Å². The van der Waals surface area contributed by atoms with Gasteiger partial charge in [0.2, 0.25) is 10.0 Å². The number of aryl methyl sites for hydroxylation is 2. The van der Waals surface area contributed by atoms with Gasteiger partial charge in [0.25, 0.3) is 5.91 Å². The molecule has 1 aromatic carbocycles. The van der Waals surface area contributed by atoms with E-state index in [1.54, 1.807) is 33.8 Å². The quantitative estimate of drug-likeness (QED) is 0.630. The summed E-state index contributed by atoms with van der Waals surface area (Å²) in [7, 11) is -3.55. The number of rotatable bonds is 2. The molecular weight excluding hydrogens is 416 g/mol. The molecule has 5 rings (SSSR count). The number of carbonyl (C=O) groups excluding carboxylic acids is 1. The topological polar surface area (TPSA) is 109 Å². The Balaban J connectivity index is 1.31. The molecule has 1 unspecified atom stereocenters. The number of nitrogens with zero attached hydrogens (tertiary/aromatic N) is 4. The first kappa shape index (κ1) is 20.0. The molecule has 2 aliphatic rings. The highest BCUT2D eigenvalue weighted by atomic mass is 32.2. The Morgan fingerprint density at radius 1 is 1.16 bits per heavy atom. The number of piperidine rings is 1. The molecule has 0 aliphatic carbocycles. The van der Waals surface area contributed by atoms with Crippen molar-refractivity contribution in [3.63, 3.8) is 0 Å². The lowest BCUT2D eigenvalue weighted by molar-refractivity contribution is 0.0681. The number of hydrogen-bond acceptors (Lipinski definition) is 6. The monoisotopic (exact) mass is 440 g/mol. The second-order valence-corrected chi connectivity index (χ2v) is 9.88. The number of fused-ring (bicyclic) bond motifs is 2. The van der Waals surface area contributed by atoms with Gasteiger partial charge in [-0.3, -0.25) is 4.79 Å². The van der Waals surface area contributed by atoms with Crippen LogP contribution in [0.3, 0.4) is 0 Å². The molecule has 3 aromatic rings. The maximum absolute atomic E-state index is 13.2. The molecule has 31 heavy (non-hydrogen) atoms. The van der Waals surface area contributed by atoms with Crippen LogP contribution in [0.15, 0.2) is 41.4 Å². The van der Waals surface area contributed by atoms with Crippen LogP contribution in [0, 0.1) is 19.8 Å². The molecule has 4 heterocycles. The van der Waals surface area contributed by atoms with Gasteiger partial charge >= 0.3 is 0 Å². The van der Waals surface area contributed by atoms with Gasteiger partial charge in [-0.05, 0) is 50.8 Å². The van der Waals surface area contributed by atoms with Crippen molar-refractivity contribution in [2.24, 2.45) is 5.92 Å². The highest BCUT2D eigenvalue weighted by molar-refractivity contribution is 7.89. The average molecular weight is 441 g/mol. The van der Waals surface area contributed by atoms with Crippen LogP contribution in [-0.2, 0) is 10.0 Å². The van der Waals surface area contributed by atoms with Crippen LogP contribution in [0.5, 0.6) is 0 Å². The zero-order valence-corrected chi connectivity index (χ0v) is 18.2. The lowest BCUT2D eigenvalue weighted by atomic mass is 9.93. The number of likely N-dealkylation sites (tertiary alicyclic amines) is 1. The van der Waals surface area contributed by atoms with Crippen molar-refractivity contribution in [1.82, 2.24) is 24.2 Å². The maximum Gasteiger partial charge on any atom is 0.259 e. The first-order valence-electron chi connectivity index (χ1n) is 10.3.